The Morgan fingerprint density at radius 1 is 1.07 bits per heavy atom. The van der Waals surface area contributed by atoms with E-state index in [1.54, 1.807) is 0 Å². The molecule has 0 saturated carbocycles. The molecular formula is C22H34N4O2. The van der Waals surface area contributed by atoms with Crippen LogP contribution in [0.2, 0.25) is 0 Å². The van der Waals surface area contributed by atoms with E-state index in [2.05, 4.69) is 29.0 Å². The Labute approximate surface area is 168 Å². The maximum atomic E-state index is 12.3. The van der Waals surface area contributed by atoms with Crippen LogP contribution in [0.4, 0.5) is 5.69 Å². The van der Waals surface area contributed by atoms with Crippen LogP contribution in [0.25, 0.3) is 0 Å². The third-order valence-electron chi connectivity index (χ3n) is 5.82. The van der Waals surface area contributed by atoms with E-state index in [4.69, 9.17) is 0 Å². The molecule has 0 bridgehead atoms. The molecule has 28 heavy (non-hydrogen) atoms. The molecule has 1 aromatic carbocycles. The molecule has 1 unspecified atom stereocenters. The van der Waals surface area contributed by atoms with Gasteiger partial charge in [0.25, 0.3) is 0 Å². The number of benzene rings is 1. The predicted octanol–water partition coefficient (Wildman–Crippen LogP) is 1.75. The number of hydrogen-bond acceptors (Lipinski definition) is 4. The molecule has 6 heteroatoms. The first-order valence-electron chi connectivity index (χ1n) is 10.7. The van der Waals surface area contributed by atoms with Crippen molar-refractivity contribution in [1.29, 1.82) is 0 Å². The van der Waals surface area contributed by atoms with Gasteiger partial charge in [-0.3, -0.25) is 9.59 Å². The predicted molar refractivity (Wildman–Crippen MR) is 112 cm³/mol. The first-order valence-corrected chi connectivity index (χ1v) is 10.7. The molecule has 3 rings (SSSR count). The van der Waals surface area contributed by atoms with Crippen LogP contribution in [0, 0.1) is 5.92 Å². The third-order valence-corrected chi connectivity index (χ3v) is 5.82. The highest BCUT2D eigenvalue weighted by molar-refractivity contribution is 5.95. The van der Waals surface area contributed by atoms with Gasteiger partial charge in [-0.25, -0.2) is 0 Å². The van der Waals surface area contributed by atoms with Crippen molar-refractivity contribution in [2.75, 3.05) is 57.3 Å². The fourth-order valence-corrected chi connectivity index (χ4v) is 4.04. The van der Waals surface area contributed by atoms with E-state index in [1.165, 1.54) is 0 Å². The van der Waals surface area contributed by atoms with Crippen molar-refractivity contribution < 1.29 is 9.59 Å². The summed E-state index contributed by atoms with van der Waals surface area (Å²) in [6, 6.07) is 7.81. The first kappa shape index (κ1) is 20.8. The summed E-state index contributed by atoms with van der Waals surface area (Å²) in [5, 5.41) is 3.08. The fourth-order valence-electron chi connectivity index (χ4n) is 4.04. The zero-order valence-corrected chi connectivity index (χ0v) is 17.3. The van der Waals surface area contributed by atoms with Crippen LogP contribution in [0.1, 0.15) is 32.3 Å². The van der Waals surface area contributed by atoms with E-state index in [0.717, 1.165) is 63.5 Å². The van der Waals surface area contributed by atoms with Gasteiger partial charge in [-0.2, -0.15) is 0 Å². The Hall–Kier alpha value is -1.92. The molecule has 0 radical (unpaired) electrons. The fraction of sp³-hybridized carbons (Fsp3) is 0.636. The van der Waals surface area contributed by atoms with Crippen molar-refractivity contribution in [3.63, 3.8) is 0 Å². The minimum atomic E-state index is 0.0626. The van der Waals surface area contributed by atoms with Gasteiger partial charge in [0.15, 0.2) is 0 Å². The van der Waals surface area contributed by atoms with E-state index in [1.807, 2.05) is 29.2 Å². The van der Waals surface area contributed by atoms with E-state index >= 15 is 0 Å². The molecule has 2 fully saturated rings. The van der Waals surface area contributed by atoms with Crippen molar-refractivity contribution in [2.24, 2.45) is 5.92 Å². The highest BCUT2D eigenvalue weighted by Crippen LogP contribution is 2.21. The SMILES string of the molecule is CCN1CCN(CC(C)CNC(=O)Cc2ccc(N3CCCC3=O)cc2)CC1. The number of likely N-dealkylation sites (N-methyl/N-ethyl adjacent to an activating group) is 1. The van der Waals surface area contributed by atoms with Gasteiger partial charge in [-0.15, -0.1) is 0 Å². The highest BCUT2D eigenvalue weighted by Gasteiger charge is 2.21. The van der Waals surface area contributed by atoms with Crippen molar-refractivity contribution in [2.45, 2.75) is 33.1 Å². The Balaban J connectivity index is 1.37. The molecule has 0 aliphatic carbocycles. The number of hydrogen-bond donors (Lipinski definition) is 1. The van der Waals surface area contributed by atoms with Crippen LogP contribution < -0.4 is 10.2 Å². The van der Waals surface area contributed by atoms with Gasteiger partial charge in [0.2, 0.25) is 11.8 Å². The molecular weight excluding hydrogens is 352 g/mol. The molecule has 154 valence electrons. The molecule has 2 heterocycles. The normalized spacial score (nSPS) is 19.8. The van der Waals surface area contributed by atoms with Gasteiger partial charge < -0.3 is 20.0 Å². The van der Waals surface area contributed by atoms with Crippen LogP contribution in [-0.2, 0) is 16.0 Å². The van der Waals surface area contributed by atoms with Gasteiger partial charge in [0.05, 0.1) is 6.42 Å². The average molecular weight is 387 g/mol. The highest BCUT2D eigenvalue weighted by atomic mass is 16.2. The largest absolute Gasteiger partial charge is 0.355 e. The molecule has 2 saturated heterocycles. The Morgan fingerprint density at radius 2 is 1.75 bits per heavy atom. The second-order valence-electron chi connectivity index (χ2n) is 8.14. The van der Waals surface area contributed by atoms with Crippen molar-refractivity contribution in [1.82, 2.24) is 15.1 Å². The summed E-state index contributed by atoms with van der Waals surface area (Å²) >= 11 is 0. The van der Waals surface area contributed by atoms with Crippen LogP contribution in [0.3, 0.4) is 0 Å². The van der Waals surface area contributed by atoms with Gasteiger partial charge in [0.1, 0.15) is 0 Å². The number of carbonyl (C=O) groups excluding carboxylic acids is 2. The molecule has 1 atom stereocenters. The van der Waals surface area contributed by atoms with E-state index in [0.29, 0.717) is 25.3 Å². The van der Waals surface area contributed by atoms with Crippen LogP contribution in [0.5, 0.6) is 0 Å². The smallest absolute Gasteiger partial charge is 0.227 e. The lowest BCUT2D eigenvalue weighted by Crippen LogP contribution is -2.48. The lowest BCUT2D eigenvalue weighted by atomic mass is 10.1. The zero-order chi connectivity index (χ0) is 19.9. The quantitative estimate of drug-likeness (QED) is 0.740. The molecule has 2 aliphatic rings. The van der Waals surface area contributed by atoms with Crippen molar-refractivity contribution >= 4 is 17.5 Å². The van der Waals surface area contributed by atoms with Gasteiger partial charge in [-0.05, 0) is 36.6 Å². The van der Waals surface area contributed by atoms with Gasteiger partial charge in [0, 0.05) is 57.9 Å². The molecule has 6 nitrogen and oxygen atoms in total. The summed E-state index contributed by atoms with van der Waals surface area (Å²) in [6.07, 6.45) is 1.95. The maximum absolute atomic E-state index is 12.3. The van der Waals surface area contributed by atoms with Crippen LogP contribution in [-0.4, -0.2) is 74.0 Å². The summed E-state index contributed by atoms with van der Waals surface area (Å²) in [5.74, 6) is 0.698. The number of carbonyl (C=O) groups is 2. The van der Waals surface area contributed by atoms with Gasteiger partial charge in [-0.1, -0.05) is 26.0 Å². The van der Waals surface area contributed by atoms with Gasteiger partial charge >= 0.3 is 0 Å². The summed E-state index contributed by atoms with van der Waals surface area (Å²) in [4.78, 5) is 30.9. The van der Waals surface area contributed by atoms with Crippen LogP contribution in [0.15, 0.2) is 24.3 Å². The number of nitrogens with one attached hydrogen (secondary N) is 1. The standard InChI is InChI=1S/C22H34N4O2/c1-3-24-11-13-25(14-12-24)17-18(2)16-23-21(27)15-19-6-8-20(9-7-19)26-10-4-5-22(26)28/h6-9,18H,3-5,10-17H2,1-2H3,(H,23,27). The Bertz CT molecular complexity index is 653. The molecule has 2 aliphatic heterocycles. The Kier molecular flexibility index (Phi) is 7.45. The molecule has 1 aromatic rings. The van der Waals surface area contributed by atoms with E-state index in [-0.39, 0.29) is 11.8 Å². The lowest BCUT2D eigenvalue weighted by molar-refractivity contribution is -0.120. The van der Waals surface area contributed by atoms with Crippen molar-refractivity contribution in [3.8, 4) is 0 Å². The summed E-state index contributed by atoms with van der Waals surface area (Å²) in [5.41, 5.74) is 1.92. The topological polar surface area (TPSA) is 55.9 Å². The third kappa shape index (κ3) is 5.79. The number of anilines is 1. The average Bonchev–Trinajstić information content (AvgIpc) is 3.13. The monoisotopic (exact) mass is 386 g/mol. The minimum absolute atomic E-state index is 0.0626. The second-order valence-corrected chi connectivity index (χ2v) is 8.14. The molecule has 1 N–H and O–H groups in total. The zero-order valence-electron chi connectivity index (χ0n) is 17.3. The van der Waals surface area contributed by atoms with E-state index in [9.17, 15) is 9.59 Å². The molecule has 0 spiro atoms. The lowest BCUT2D eigenvalue weighted by Gasteiger charge is -2.35. The van der Waals surface area contributed by atoms with E-state index < -0.39 is 0 Å². The first-order chi connectivity index (χ1) is 13.5. The summed E-state index contributed by atoms with van der Waals surface area (Å²) < 4.78 is 0. The second kappa shape index (κ2) is 10.0. The number of rotatable bonds is 8. The summed E-state index contributed by atoms with van der Waals surface area (Å²) in [7, 11) is 0. The summed E-state index contributed by atoms with van der Waals surface area (Å²) in [6.45, 7) is 12.6. The van der Waals surface area contributed by atoms with Crippen LogP contribution >= 0.6 is 0 Å². The van der Waals surface area contributed by atoms with Crippen molar-refractivity contribution in [3.05, 3.63) is 29.8 Å². The molecule has 0 aromatic heterocycles. The number of piperazine rings is 1. The Morgan fingerprint density at radius 3 is 2.36 bits per heavy atom. The number of amides is 2. The molecule has 2 amide bonds. The maximum Gasteiger partial charge on any atom is 0.227 e. The number of nitrogens with zero attached hydrogens (tertiary/aromatic N) is 3. The minimum Gasteiger partial charge on any atom is -0.355 e.